The Morgan fingerprint density at radius 2 is 1.50 bits per heavy atom. The van der Waals surface area contributed by atoms with Gasteiger partial charge in [0.05, 0.1) is 0 Å². The Hall–Kier alpha value is -0.0151. The fourth-order valence-electron chi connectivity index (χ4n) is 1.44. The van der Waals surface area contributed by atoms with E-state index in [9.17, 15) is 0 Å². The maximum absolute atomic E-state index is 2.42. The van der Waals surface area contributed by atoms with E-state index in [0.29, 0.717) is 0 Å². The molecule has 0 atom stereocenters. The summed E-state index contributed by atoms with van der Waals surface area (Å²) in [5.74, 6) is 0. The molecular formula is C7H17BN2. The van der Waals surface area contributed by atoms with Gasteiger partial charge in [-0.25, -0.2) is 0 Å². The summed E-state index contributed by atoms with van der Waals surface area (Å²) in [5, 5.41) is 0. The first-order valence-electron chi connectivity index (χ1n) is 4.16. The van der Waals surface area contributed by atoms with Gasteiger partial charge >= 0.3 is 0 Å². The van der Waals surface area contributed by atoms with Crippen molar-refractivity contribution in [3.63, 3.8) is 0 Å². The lowest BCUT2D eigenvalue weighted by Crippen LogP contribution is -2.33. The summed E-state index contributed by atoms with van der Waals surface area (Å²) in [6, 6.07) is 0. The zero-order chi connectivity index (χ0) is 7.40. The van der Waals surface area contributed by atoms with E-state index < -0.39 is 0 Å². The van der Waals surface area contributed by atoms with Gasteiger partial charge in [-0.05, 0) is 46.1 Å². The molecule has 1 aliphatic heterocycles. The average molecular weight is 140 g/mol. The van der Waals surface area contributed by atoms with Gasteiger partial charge in [-0.2, -0.15) is 0 Å². The molecule has 1 saturated heterocycles. The lowest BCUT2D eigenvalue weighted by Gasteiger charge is -2.25. The highest BCUT2D eigenvalue weighted by atomic mass is 15.1. The lowest BCUT2D eigenvalue weighted by atomic mass is 10.2. The van der Waals surface area contributed by atoms with Gasteiger partial charge in [0.15, 0.2) is 7.98 Å². The monoisotopic (exact) mass is 140 g/mol. The van der Waals surface area contributed by atoms with Crippen LogP contribution in [0.2, 0.25) is 0 Å². The highest BCUT2D eigenvalue weighted by Crippen LogP contribution is 1.98. The molecule has 1 heterocycles. The quantitative estimate of drug-likeness (QED) is 0.421. The Balaban J connectivity index is 2.21. The van der Waals surface area contributed by atoms with E-state index in [-0.39, 0.29) is 0 Å². The molecule has 0 aromatic carbocycles. The van der Waals surface area contributed by atoms with Crippen molar-refractivity contribution in [2.45, 2.75) is 12.8 Å². The Morgan fingerprint density at radius 1 is 1.00 bits per heavy atom. The Bertz CT molecular complexity index is 77.6. The van der Waals surface area contributed by atoms with Crippen LogP contribution in [0.25, 0.3) is 0 Å². The third kappa shape index (κ3) is 2.71. The number of hydrogen-bond acceptors (Lipinski definition) is 2. The number of hydrogen-bond donors (Lipinski definition) is 0. The van der Waals surface area contributed by atoms with Gasteiger partial charge in [-0.15, -0.1) is 0 Å². The van der Waals surface area contributed by atoms with Gasteiger partial charge < -0.3 is 9.71 Å². The second-order valence-corrected chi connectivity index (χ2v) is 3.31. The van der Waals surface area contributed by atoms with Gasteiger partial charge in [-0.3, -0.25) is 0 Å². The van der Waals surface area contributed by atoms with Crippen molar-refractivity contribution in [3.05, 3.63) is 0 Å². The van der Waals surface area contributed by atoms with Gasteiger partial charge in [0.2, 0.25) is 0 Å². The first kappa shape index (κ1) is 8.09. The van der Waals surface area contributed by atoms with E-state index in [2.05, 4.69) is 24.7 Å². The van der Waals surface area contributed by atoms with Crippen LogP contribution >= 0.6 is 0 Å². The summed E-state index contributed by atoms with van der Waals surface area (Å²) in [6.07, 6.45) is 2.65. The molecule has 0 N–H and O–H groups in total. The van der Waals surface area contributed by atoms with Crippen LogP contribution in [0, 0.1) is 0 Å². The fourth-order valence-corrected chi connectivity index (χ4v) is 1.44. The molecule has 0 radical (unpaired) electrons. The Kier molecular flexibility index (Phi) is 3.22. The maximum atomic E-state index is 2.42. The Morgan fingerprint density at radius 3 is 2.00 bits per heavy atom. The highest BCUT2D eigenvalue weighted by molar-refractivity contribution is 6.04. The number of nitrogens with zero attached hydrogens (tertiary/aromatic N) is 2. The van der Waals surface area contributed by atoms with Gasteiger partial charge in [0.1, 0.15) is 0 Å². The van der Waals surface area contributed by atoms with Crippen molar-refractivity contribution >= 4 is 7.98 Å². The smallest absolute Gasteiger partial charge is 0.185 e. The highest BCUT2D eigenvalue weighted by Gasteiger charge is 2.05. The molecule has 0 unspecified atom stereocenters. The van der Waals surface area contributed by atoms with Crippen molar-refractivity contribution in [2.24, 2.45) is 0 Å². The van der Waals surface area contributed by atoms with E-state index in [0.717, 1.165) is 0 Å². The van der Waals surface area contributed by atoms with Crippen molar-refractivity contribution in [1.29, 1.82) is 0 Å². The number of rotatable bonds is 0. The molecule has 58 valence electrons. The minimum Gasteiger partial charge on any atom is -0.349 e. The third-order valence-corrected chi connectivity index (χ3v) is 2.16. The molecule has 0 aromatic heterocycles. The fraction of sp³-hybridized carbons (Fsp3) is 1.00. The summed E-state index contributed by atoms with van der Waals surface area (Å²) in [5.41, 5.74) is 0. The predicted molar refractivity (Wildman–Crippen MR) is 46.8 cm³/mol. The van der Waals surface area contributed by atoms with Crippen LogP contribution in [-0.2, 0) is 0 Å². The van der Waals surface area contributed by atoms with Crippen LogP contribution in [0.15, 0.2) is 0 Å². The molecule has 3 heteroatoms. The third-order valence-electron chi connectivity index (χ3n) is 2.16. The van der Waals surface area contributed by atoms with Gasteiger partial charge in [0, 0.05) is 0 Å². The molecule has 10 heavy (non-hydrogen) atoms. The zero-order valence-corrected chi connectivity index (χ0v) is 7.14. The van der Waals surface area contributed by atoms with Crippen LogP contribution in [0.1, 0.15) is 12.8 Å². The molecule has 1 fully saturated rings. The minimum atomic E-state index is 1.27. The van der Waals surface area contributed by atoms with E-state index in [4.69, 9.17) is 0 Å². The topological polar surface area (TPSA) is 6.48 Å². The second kappa shape index (κ2) is 3.99. The van der Waals surface area contributed by atoms with Crippen LogP contribution < -0.4 is 0 Å². The van der Waals surface area contributed by atoms with E-state index in [1.54, 1.807) is 0 Å². The molecule has 0 spiro atoms. The molecule has 1 aliphatic rings. The first-order valence-corrected chi connectivity index (χ1v) is 4.16. The molecule has 0 amide bonds. The SMILES string of the molecule is BN1CCCN(C)CCC1. The summed E-state index contributed by atoms with van der Waals surface area (Å²) >= 11 is 0. The van der Waals surface area contributed by atoms with Crippen molar-refractivity contribution in [1.82, 2.24) is 9.71 Å². The van der Waals surface area contributed by atoms with Gasteiger partial charge in [0.25, 0.3) is 0 Å². The van der Waals surface area contributed by atoms with Crippen molar-refractivity contribution in [3.8, 4) is 0 Å². The molecule has 0 aliphatic carbocycles. The minimum absolute atomic E-state index is 1.27. The van der Waals surface area contributed by atoms with Crippen molar-refractivity contribution in [2.75, 3.05) is 33.2 Å². The molecular weight excluding hydrogens is 123 g/mol. The molecule has 0 aromatic rings. The second-order valence-electron chi connectivity index (χ2n) is 3.31. The summed E-state index contributed by atoms with van der Waals surface area (Å²) < 4.78 is 0. The molecule has 0 bridgehead atoms. The molecule has 2 nitrogen and oxygen atoms in total. The van der Waals surface area contributed by atoms with Crippen LogP contribution in [0.5, 0.6) is 0 Å². The summed E-state index contributed by atoms with van der Waals surface area (Å²) in [7, 11) is 4.43. The lowest BCUT2D eigenvalue weighted by molar-refractivity contribution is 0.267. The zero-order valence-electron chi connectivity index (χ0n) is 7.14. The van der Waals surface area contributed by atoms with E-state index in [1.807, 2.05) is 0 Å². The normalized spacial score (nSPS) is 25.7. The average Bonchev–Trinajstić information content (AvgIpc) is 1.84. The molecule has 0 saturated carbocycles. The van der Waals surface area contributed by atoms with Crippen molar-refractivity contribution < 1.29 is 0 Å². The molecule has 1 rings (SSSR count). The Labute approximate surface area is 64.6 Å². The maximum Gasteiger partial charge on any atom is 0.185 e. The standard InChI is InChI=1S/C7H17BN2/c1-9-4-2-6-10(8)7-3-5-9/h2-8H2,1H3. The summed E-state index contributed by atoms with van der Waals surface area (Å²) in [4.78, 5) is 4.85. The first-order chi connectivity index (χ1) is 4.79. The predicted octanol–water partition coefficient (Wildman–Crippen LogP) is -0.438. The van der Waals surface area contributed by atoms with Crippen LogP contribution in [-0.4, -0.2) is 50.9 Å². The summed E-state index contributed by atoms with van der Waals surface area (Å²) in [6.45, 7) is 5.07. The van der Waals surface area contributed by atoms with E-state index >= 15 is 0 Å². The van der Waals surface area contributed by atoms with Crippen LogP contribution in [0.3, 0.4) is 0 Å². The van der Waals surface area contributed by atoms with Gasteiger partial charge in [-0.1, -0.05) is 0 Å². The van der Waals surface area contributed by atoms with Crippen LogP contribution in [0.4, 0.5) is 0 Å². The van der Waals surface area contributed by atoms with E-state index in [1.165, 1.54) is 39.0 Å². The largest absolute Gasteiger partial charge is 0.349 e.